The lowest BCUT2D eigenvalue weighted by molar-refractivity contribution is 0.0650. The summed E-state index contributed by atoms with van der Waals surface area (Å²) in [5.74, 6) is -2.21. The first-order valence-electron chi connectivity index (χ1n) is 15.1. The zero-order chi connectivity index (χ0) is 26.6. The van der Waals surface area contributed by atoms with Crippen LogP contribution >= 0.6 is 0 Å². The number of carboxylic acids is 2. The van der Waals surface area contributed by atoms with Gasteiger partial charge in [-0.15, -0.1) is 0 Å². The summed E-state index contributed by atoms with van der Waals surface area (Å²) in [5, 5.41) is 20.0. The first kappa shape index (κ1) is 32.2. The number of carboxylic acid groups (broad SMARTS) is 2. The minimum Gasteiger partial charge on any atom is -0.478 e. The molecule has 2 N–H and O–H groups in total. The van der Waals surface area contributed by atoms with Gasteiger partial charge in [0.15, 0.2) is 0 Å². The topological polar surface area (TPSA) is 74.6 Å². The zero-order valence-corrected chi connectivity index (χ0v) is 23.6. The van der Waals surface area contributed by atoms with Crippen molar-refractivity contribution in [1.82, 2.24) is 0 Å². The first-order chi connectivity index (χ1) is 17.5. The minimum atomic E-state index is -1.12. The second kappa shape index (κ2) is 20.2. The van der Waals surface area contributed by atoms with Gasteiger partial charge >= 0.3 is 11.9 Å². The summed E-state index contributed by atoms with van der Waals surface area (Å²) in [6.07, 6.45) is 23.5. The van der Waals surface area contributed by atoms with Gasteiger partial charge in [-0.1, -0.05) is 117 Å². The Morgan fingerprint density at radius 1 is 0.528 bits per heavy atom. The van der Waals surface area contributed by atoms with Crippen molar-refractivity contribution in [2.24, 2.45) is 0 Å². The van der Waals surface area contributed by atoms with Crippen LogP contribution in [0.15, 0.2) is 6.07 Å². The van der Waals surface area contributed by atoms with Gasteiger partial charge in [-0.3, -0.25) is 0 Å². The van der Waals surface area contributed by atoms with Gasteiger partial charge in [0.1, 0.15) is 0 Å². The predicted octanol–water partition coefficient (Wildman–Crippen LogP) is 9.79. The summed E-state index contributed by atoms with van der Waals surface area (Å²) in [4.78, 5) is 24.4. The Kier molecular flexibility index (Phi) is 18.1. The Hall–Kier alpha value is -1.84. The van der Waals surface area contributed by atoms with Gasteiger partial charge in [-0.25, -0.2) is 9.59 Å². The van der Waals surface area contributed by atoms with E-state index in [1.165, 1.54) is 70.6 Å². The maximum absolute atomic E-state index is 12.3. The summed E-state index contributed by atoms with van der Waals surface area (Å²) in [5.41, 5.74) is 3.06. The first-order valence-corrected chi connectivity index (χ1v) is 15.1. The van der Waals surface area contributed by atoms with Crippen molar-refractivity contribution >= 4 is 11.9 Å². The highest BCUT2D eigenvalue weighted by Crippen LogP contribution is 2.30. The van der Waals surface area contributed by atoms with Crippen LogP contribution in [0.3, 0.4) is 0 Å². The average Bonchev–Trinajstić information content (AvgIpc) is 2.85. The van der Waals surface area contributed by atoms with Gasteiger partial charge in [0.05, 0.1) is 11.1 Å². The molecular weight excluding hydrogens is 448 g/mol. The van der Waals surface area contributed by atoms with E-state index in [0.717, 1.165) is 74.5 Å². The van der Waals surface area contributed by atoms with Crippen LogP contribution in [0.2, 0.25) is 0 Å². The van der Waals surface area contributed by atoms with Crippen LogP contribution in [0.1, 0.15) is 174 Å². The predicted molar refractivity (Wildman–Crippen MR) is 152 cm³/mol. The lowest BCUT2D eigenvalue weighted by Gasteiger charge is -2.20. The number of rotatable bonds is 23. The molecule has 1 aromatic carbocycles. The van der Waals surface area contributed by atoms with Gasteiger partial charge in [0.2, 0.25) is 0 Å². The highest BCUT2D eigenvalue weighted by atomic mass is 16.4. The molecule has 0 amide bonds. The van der Waals surface area contributed by atoms with Gasteiger partial charge < -0.3 is 10.2 Å². The molecule has 0 heterocycles. The maximum Gasteiger partial charge on any atom is 0.336 e. The van der Waals surface area contributed by atoms with Crippen LogP contribution in [0.25, 0.3) is 0 Å². The Labute approximate surface area is 221 Å². The standard InChI is InChI=1S/C32H54O4/c1-4-7-10-13-15-16-18-21-24-28-27(23-20-17-14-11-8-5-2)26(22-19-12-9-6-3)25-29(31(33)34)30(28)32(35)36/h25H,4-24H2,1-3H3,(H,33,34)(H,35,36). The fraction of sp³-hybridized carbons (Fsp3) is 0.750. The van der Waals surface area contributed by atoms with Crippen LogP contribution in [-0.2, 0) is 19.3 Å². The number of aryl methyl sites for hydroxylation is 1. The number of hydrogen-bond acceptors (Lipinski definition) is 2. The smallest absolute Gasteiger partial charge is 0.336 e. The van der Waals surface area contributed by atoms with Gasteiger partial charge in [-0.2, -0.15) is 0 Å². The van der Waals surface area contributed by atoms with E-state index in [2.05, 4.69) is 20.8 Å². The zero-order valence-electron chi connectivity index (χ0n) is 23.6. The quantitative estimate of drug-likeness (QED) is 0.146. The Balaban J connectivity index is 3.12. The second-order valence-corrected chi connectivity index (χ2v) is 10.6. The summed E-state index contributed by atoms with van der Waals surface area (Å²) in [7, 11) is 0. The molecule has 0 aliphatic carbocycles. The third-order valence-corrected chi connectivity index (χ3v) is 7.45. The largest absolute Gasteiger partial charge is 0.478 e. The monoisotopic (exact) mass is 502 g/mol. The van der Waals surface area contributed by atoms with Crippen LogP contribution < -0.4 is 0 Å². The molecule has 0 bridgehead atoms. The van der Waals surface area contributed by atoms with Crippen LogP contribution in [0, 0.1) is 0 Å². The molecule has 0 spiro atoms. The minimum absolute atomic E-state index is 0.0192. The van der Waals surface area contributed by atoms with E-state index >= 15 is 0 Å². The van der Waals surface area contributed by atoms with Crippen molar-refractivity contribution in [3.05, 3.63) is 33.9 Å². The third kappa shape index (κ3) is 12.4. The van der Waals surface area contributed by atoms with Crippen molar-refractivity contribution < 1.29 is 19.8 Å². The van der Waals surface area contributed by atoms with Crippen molar-refractivity contribution in [1.29, 1.82) is 0 Å². The molecule has 206 valence electrons. The molecular formula is C32H54O4. The fourth-order valence-electron chi connectivity index (χ4n) is 5.32. The second-order valence-electron chi connectivity index (χ2n) is 10.6. The summed E-state index contributed by atoms with van der Waals surface area (Å²) < 4.78 is 0. The van der Waals surface area contributed by atoms with E-state index in [-0.39, 0.29) is 11.1 Å². The molecule has 4 nitrogen and oxygen atoms in total. The summed E-state index contributed by atoms with van der Waals surface area (Å²) in [6, 6.07) is 1.70. The van der Waals surface area contributed by atoms with Gasteiger partial charge in [0, 0.05) is 0 Å². The third-order valence-electron chi connectivity index (χ3n) is 7.45. The molecule has 1 aromatic rings. The molecule has 0 aromatic heterocycles. The molecule has 0 saturated heterocycles. The number of aromatic carboxylic acids is 2. The summed E-state index contributed by atoms with van der Waals surface area (Å²) >= 11 is 0. The highest BCUT2D eigenvalue weighted by Gasteiger charge is 2.25. The average molecular weight is 503 g/mol. The molecule has 0 aliphatic heterocycles. The van der Waals surface area contributed by atoms with Crippen molar-refractivity contribution in [2.75, 3.05) is 0 Å². The number of carbonyl (C=O) groups is 2. The molecule has 0 fully saturated rings. The molecule has 0 atom stereocenters. The van der Waals surface area contributed by atoms with Crippen molar-refractivity contribution in [2.45, 2.75) is 156 Å². The van der Waals surface area contributed by atoms with E-state index in [4.69, 9.17) is 0 Å². The SMILES string of the molecule is CCCCCCCCCCc1c(CCCCCCCC)c(CCCCCC)cc(C(=O)O)c1C(=O)O. The molecule has 1 rings (SSSR count). The maximum atomic E-state index is 12.3. The number of hydrogen-bond donors (Lipinski definition) is 2. The highest BCUT2D eigenvalue weighted by molar-refractivity contribution is 6.03. The molecule has 0 unspecified atom stereocenters. The number of unbranched alkanes of at least 4 members (excludes halogenated alkanes) is 15. The van der Waals surface area contributed by atoms with Crippen LogP contribution in [0.4, 0.5) is 0 Å². The molecule has 0 aliphatic rings. The Morgan fingerprint density at radius 2 is 0.917 bits per heavy atom. The summed E-state index contributed by atoms with van der Waals surface area (Å²) in [6.45, 7) is 6.64. The van der Waals surface area contributed by atoms with Crippen molar-refractivity contribution in [3.63, 3.8) is 0 Å². The van der Waals surface area contributed by atoms with Crippen LogP contribution in [-0.4, -0.2) is 22.2 Å². The molecule has 4 heteroatoms. The van der Waals surface area contributed by atoms with Gasteiger partial charge in [-0.05, 0) is 61.3 Å². The lowest BCUT2D eigenvalue weighted by Crippen LogP contribution is -2.16. The fourth-order valence-corrected chi connectivity index (χ4v) is 5.32. The normalized spacial score (nSPS) is 11.2. The Morgan fingerprint density at radius 3 is 1.36 bits per heavy atom. The number of benzene rings is 1. The molecule has 0 saturated carbocycles. The van der Waals surface area contributed by atoms with E-state index in [1.807, 2.05) is 0 Å². The van der Waals surface area contributed by atoms with E-state index in [0.29, 0.717) is 6.42 Å². The van der Waals surface area contributed by atoms with Crippen molar-refractivity contribution in [3.8, 4) is 0 Å². The lowest BCUT2D eigenvalue weighted by atomic mass is 9.84. The Bertz CT molecular complexity index is 753. The van der Waals surface area contributed by atoms with E-state index < -0.39 is 11.9 Å². The van der Waals surface area contributed by atoms with E-state index in [1.54, 1.807) is 6.07 Å². The molecule has 36 heavy (non-hydrogen) atoms. The van der Waals surface area contributed by atoms with Crippen LogP contribution in [0.5, 0.6) is 0 Å². The van der Waals surface area contributed by atoms with E-state index in [9.17, 15) is 19.8 Å². The van der Waals surface area contributed by atoms with Gasteiger partial charge in [0.25, 0.3) is 0 Å². The molecule has 0 radical (unpaired) electrons.